The average molecular weight is 411 g/mol. The van der Waals surface area contributed by atoms with Crippen LogP contribution in [-0.2, 0) is 9.59 Å². The van der Waals surface area contributed by atoms with E-state index in [1.807, 2.05) is 36.4 Å². The lowest BCUT2D eigenvalue weighted by Crippen LogP contribution is -2.26. The van der Waals surface area contributed by atoms with Gasteiger partial charge in [-0.15, -0.1) is 5.10 Å². The van der Waals surface area contributed by atoms with Crippen molar-refractivity contribution in [2.75, 3.05) is 0 Å². The number of nitrogens with one attached hydrogen (secondary N) is 1. The second-order valence-electron chi connectivity index (χ2n) is 6.74. The van der Waals surface area contributed by atoms with Gasteiger partial charge in [0.25, 0.3) is 0 Å². The number of rotatable bonds is 7. The van der Waals surface area contributed by atoms with E-state index in [0.29, 0.717) is 16.8 Å². The van der Waals surface area contributed by atoms with Gasteiger partial charge in [0.15, 0.2) is 5.17 Å². The van der Waals surface area contributed by atoms with Gasteiger partial charge in [-0.3, -0.25) is 9.59 Å². The SMILES string of the molecule is CC(C)c1ccc(Oc2ccc(C=NN=C3NC(=O)C(CC(=O)O)S3)cc2)cc1. The summed E-state index contributed by atoms with van der Waals surface area (Å²) < 4.78 is 5.84. The third-order valence-corrected chi connectivity index (χ3v) is 5.23. The normalized spacial score (nSPS) is 17.8. The number of benzene rings is 2. The van der Waals surface area contributed by atoms with Gasteiger partial charge in [-0.2, -0.15) is 5.10 Å². The molecular formula is C21H21N3O4S. The summed E-state index contributed by atoms with van der Waals surface area (Å²) in [4.78, 5) is 22.4. The van der Waals surface area contributed by atoms with Gasteiger partial charge in [0.1, 0.15) is 16.7 Å². The Hall–Kier alpha value is -3.13. The van der Waals surface area contributed by atoms with E-state index in [9.17, 15) is 9.59 Å². The van der Waals surface area contributed by atoms with E-state index in [0.717, 1.165) is 23.1 Å². The molecule has 0 saturated carbocycles. The number of carbonyl (C=O) groups is 2. The van der Waals surface area contributed by atoms with Crippen LogP contribution in [0.2, 0.25) is 0 Å². The van der Waals surface area contributed by atoms with Gasteiger partial charge in [0, 0.05) is 0 Å². The number of thioether (sulfide) groups is 1. The first-order chi connectivity index (χ1) is 13.9. The molecule has 2 N–H and O–H groups in total. The van der Waals surface area contributed by atoms with Crippen LogP contribution in [0, 0.1) is 0 Å². The van der Waals surface area contributed by atoms with Crippen LogP contribution in [0.5, 0.6) is 11.5 Å². The summed E-state index contributed by atoms with van der Waals surface area (Å²) in [6.07, 6.45) is 1.30. The van der Waals surface area contributed by atoms with E-state index >= 15 is 0 Å². The average Bonchev–Trinajstić information content (AvgIpc) is 3.02. The highest BCUT2D eigenvalue weighted by molar-refractivity contribution is 8.15. The zero-order chi connectivity index (χ0) is 20.8. The largest absolute Gasteiger partial charge is 0.481 e. The third-order valence-electron chi connectivity index (χ3n) is 4.15. The maximum atomic E-state index is 11.7. The lowest BCUT2D eigenvalue weighted by Gasteiger charge is -2.08. The minimum absolute atomic E-state index is 0.249. The smallest absolute Gasteiger partial charge is 0.305 e. The third kappa shape index (κ3) is 5.92. The number of amidine groups is 1. The molecule has 1 aliphatic heterocycles. The zero-order valence-corrected chi connectivity index (χ0v) is 16.8. The number of carbonyl (C=O) groups excluding carboxylic acids is 1. The van der Waals surface area contributed by atoms with Crippen molar-refractivity contribution in [3.8, 4) is 11.5 Å². The fourth-order valence-corrected chi connectivity index (χ4v) is 3.49. The van der Waals surface area contributed by atoms with Gasteiger partial charge in [-0.25, -0.2) is 0 Å². The molecule has 1 fully saturated rings. The number of hydrogen-bond donors (Lipinski definition) is 2. The number of carboxylic acid groups (broad SMARTS) is 1. The highest BCUT2D eigenvalue weighted by Crippen LogP contribution is 2.24. The number of ether oxygens (including phenoxy) is 1. The second-order valence-corrected chi connectivity index (χ2v) is 7.93. The van der Waals surface area contributed by atoms with Crippen LogP contribution < -0.4 is 10.1 Å². The molecule has 0 spiro atoms. The highest BCUT2D eigenvalue weighted by Gasteiger charge is 2.32. The van der Waals surface area contributed by atoms with Crippen LogP contribution in [0.15, 0.2) is 58.7 Å². The topological polar surface area (TPSA) is 100 Å². The van der Waals surface area contributed by atoms with Gasteiger partial charge < -0.3 is 15.2 Å². The van der Waals surface area contributed by atoms with Crippen molar-refractivity contribution in [2.45, 2.75) is 31.4 Å². The first-order valence-corrected chi connectivity index (χ1v) is 9.97. The summed E-state index contributed by atoms with van der Waals surface area (Å²) in [5.41, 5.74) is 2.07. The van der Waals surface area contributed by atoms with E-state index in [1.54, 1.807) is 6.21 Å². The number of nitrogens with zero attached hydrogens (tertiary/aromatic N) is 2. The van der Waals surface area contributed by atoms with E-state index in [4.69, 9.17) is 9.84 Å². The molecule has 150 valence electrons. The van der Waals surface area contributed by atoms with Gasteiger partial charge in [0.2, 0.25) is 5.91 Å². The van der Waals surface area contributed by atoms with E-state index < -0.39 is 11.2 Å². The minimum Gasteiger partial charge on any atom is -0.481 e. The molecule has 2 aromatic carbocycles. The van der Waals surface area contributed by atoms with Crippen LogP contribution in [0.3, 0.4) is 0 Å². The molecule has 8 heteroatoms. The van der Waals surface area contributed by atoms with Crippen molar-refractivity contribution in [3.63, 3.8) is 0 Å². The Labute approximate surface area is 172 Å². The van der Waals surface area contributed by atoms with Crippen LogP contribution in [-0.4, -0.2) is 33.6 Å². The van der Waals surface area contributed by atoms with Crippen molar-refractivity contribution < 1.29 is 19.4 Å². The molecule has 1 heterocycles. The number of carboxylic acids is 1. The molecular weight excluding hydrogens is 390 g/mol. The summed E-state index contributed by atoms with van der Waals surface area (Å²) in [7, 11) is 0. The Kier molecular flexibility index (Phi) is 6.66. The maximum absolute atomic E-state index is 11.7. The van der Waals surface area contributed by atoms with Gasteiger partial charge in [0.05, 0.1) is 12.6 Å². The summed E-state index contributed by atoms with van der Waals surface area (Å²) in [5.74, 6) is 0.563. The molecule has 0 aliphatic carbocycles. The summed E-state index contributed by atoms with van der Waals surface area (Å²) in [6.45, 7) is 4.29. The molecule has 1 amide bonds. The van der Waals surface area contributed by atoms with Crippen molar-refractivity contribution >= 4 is 35.0 Å². The van der Waals surface area contributed by atoms with E-state index in [2.05, 4.69) is 41.5 Å². The highest BCUT2D eigenvalue weighted by atomic mass is 32.2. The Morgan fingerprint density at radius 1 is 1.17 bits per heavy atom. The van der Waals surface area contributed by atoms with Gasteiger partial charge in [-0.05, 0) is 53.4 Å². The minimum atomic E-state index is -1.03. The van der Waals surface area contributed by atoms with Crippen LogP contribution in [0.1, 0.15) is 37.3 Å². The fourth-order valence-electron chi connectivity index (χ4n) is 2.57. The molecule has 0 radical (unpaired) electrons. The summed E-state index contributed by atoms with van der Waals surface area (Å²) >= 11 is 1.06. The monoisotopic (exact) mass is 411 g/mol. The summed E-state index contributed by atoms with van der Waals surface area (Å²) in [6, 6.07) is 15.4. The quantitative estimate of drug-likeness (QED) is 0.530. The Morgan fingerprint density at radius 3 is 2.38 bits per heavy atom. The lowest BCUT2D eigenvalue weighted by atomic mass is 10.0. The molecule has 3 rings (SSSR count). The predicted molar refractivity (Wildman–Crippen MR) is 114 cm³/mol. The fraction of sp³-hybridized carbons (Fsp3) is 0.238. The number of aliphatic carboxylic acids is 1. The van der Waals surface area contributed by atoms with E-state index in [1.165, 1.54) is 5.56 Å². The van der Waals surface area contributed by atoms with Crippen LogP contribution >= 0.6 is 11.8 Å². The Morgan fingerprint density at radius 2 is 1.79 bits per heavy atom. The maximum Gasteiger partial charge on any atom is 0.305 e. The lowest BCUT2D eigenvalue weighted by molar-refractivity contribution is -0.138. The molecule has 0 bridgehead atoms. The van der Waals surface area contributed by atoms with Crippen molar-refractivity contribution in [2.24, 2.45) is 10.2 Å². The Bertz CT molecular complexity index is 937. The molecule has 1 saturated heterocycles. The second kappa shape index (κ2) is 9.38. The molecule has 29 heavy (non-hydrogen) atoms. The van der Waals surface area contributed by atoms with Gasteiger partial charge in [-0.1, -0.05) is 37.7 Å². The van der Waals surface area contributed by atoms with Crippen molar-refractivity contribution in [1.82, 2.24) is 5.32 Å². The molecule has 1 aliphatic rings. The van der Waals surface area contributed by atoms with Crippen LogP contribution in [0.25, 0.3) is 0 Å². The van der Waals surface area contributed by atoms with Gasteiger partial charge >= 0.3 is 5.97 Å². The number of hydrogen-bond acceptors (Lipinski definition) is 6. The molecule has 1 atom stereocenters. The number of amides is 1. The Balaban J connectivity index is 1.56. The first-order valence-electron chi connectivity index (χ1n) is 9.09. The molecule has 1 unspecified atom stereocenters. The predicted octanol–water partition coefficient (Wildman–Crippen LogP) is 4.00. The van der Waals surface area contributed by atoms with E-state index in [-0.39, 0.29) is 12.3 Å². The summed E-state index contributed by atoms with van der Waals surface area (Å²) in [5, 5.41) is 18.8. The van der Waals surface area contributed by atoms with Crippen molar-refractivity contribution in [1.29, 1.82) is 0 Å². The molecule has 0 aromatic heterocycles. The van der Waals surface area contributed by atoms with Crippen LogP contribution in [0.4, 0.5) is 0 Å². The molecule has 2 aromatic rings. The zero-order valence-electron chi connectivity index (χ0n) is 16.0. The molecule has 7 nitrogen and oxygen atoms in total. The van der Waals surface area contributed by atoms with Crippen molar-refractivity contribution in [3.05, 3.63) is 59.7 Å². The standard InChI is InChI=1S/C21H21N3O4S/c1-13(2)15-5-9-17(10-6-15)28-16-7-3-14(4-8-16)12-22-24-21-23-20(27)18(29-21)11-19(25)26/h3-10,12-13,18H,11H2,1-2H3,(H,25,26)(H,23,24,27). The first kappa shape index (κ1) is 20.6.